The van der Waals surface area contributed by atoms with Crippen molar-refractivity contribution in [3.05, 3.63) is 64.9 Å². The summed E-state index contributed by atoms with van der Waals surface area (Å²) in [5.74, 6) is -0.654. The van der Waals surface area contributed by atoms with Gasteiger partial charge in [-0.2, -0.15) is 4.31 Å². The molecule has 0 radical (unpaired) electrons. The predicted molar refractivity (Wildman–Crippen MR) is 112 cm³/mol. The first-order valence-corrected chi connectivity index (χ1v) is 11.8. The molecule has 1 fully saturated rings. The van der Waals surface area contributed by atoms with E-state index in [1.807, 2.05) is 0 Å². The van der Waals surface area contributed by atoms with Gasteiger partial charge < -0.3 is 0 Å². The Morgan fingerprint density at radius 3 is 2.73 bits per heavy atom. The molecular weight excluding hydrogens is 425 g/mol. The number of hydrogen-bond acceptors (Lipinski definition) is 6. The minimum absolute atomic E-state index is 0.109. The van der Waals surface area contributed by atoms with E-state index >= 15 is 0 Å². The number of ketones is 1. The van der Waals surface area contributed by atoms with Gasteiger partial charge >= 0.3 is 0 Å². The molecule has 156 valence electrons. The maximum Gasteiger partial charge on any atom is 0.243 e. The number of benzene rings is 2. The molecule has 9 heteroatoms. The highest BCUT2D eigenvalue weighted by Crippen LogP contribution is 2.35. The highest BCUT2D eigenvalue weighted by molar-refractivity contribution is 7.89. The fourth-order valence-corrected chi connectivity index (χ4v) is 6.10. The lowest BCUT2D eigenvalue weighted by Crippen LogP contribution is -2.39. The lowest BCUT2D eigenvalue weighted by Gasteiger charge is -2.30. The lowest BCUT2D eigenvalue weighted by atomic mass is 10.0. The van der Waals surface area contributed by atoms with Crippen LogP contribution >= 0.6 is 11.3 Å². The van der Waals surface area contributed by atoms with Crippen LogP contribution in [0, 0.1) is 5.82 Å². The Kier molecular flexibility index (Phi) is 5.77. The fourth-order valence-electron chi connectivity index (χ4n) is 3.53. The van der Waals surface area contributed by atoms with E-state index < -0.39 is 10.0 Å². The van der Waals surface area contributed by atoms with Crippen LogP contribution in [0.2, 0.25) is 0 Å². The third-order valence-corrected chi connectivity index (χ3v) is 8.14. The normalized spacial score (nSPS) is 17.7. The minimum atomic E-state index is -3.73. The zero-order chi connectivity index (χ0) is 21.3. The summed E-state index contributed by atoms with van der Waals surface area (Å²) < 4.78 is 41.8. The van der Waals surface area contributed by atoms with Gasteiger partial charge in [-0.1, -0.05) is 35.6 Å². The van der Waals surface area contributed by atoms with E-state index in [1.54, 1.807) is 30.3 Å². The van der Waals surface area contributed by atoms with Gasteiger partial charge in [0.15, 0.2) is 10.8 Å². The quantitative estimate of drug-likeness (QED) is 0.552. The first kappa shape index (κ1) is 20.8. The van der Waals surface area contributed by atoms with Crippen LogP contribution in [-0.4, -0.2) is 41.8 Å². The summed E-state index contributed by atoms with van der Waals surface area (Å²) in [5, 5.41) is 9.52. The summed E-state index contributed by atoms with van der Waals surface area (Å²) in [6, 6.07) is 12.5. The lowest BCUT2D eigenvalue weighted by molar-refractivity contribution is 0.101. The van der Waals surface area contributed by atoms with Gasteiger partial charge in [-0.05, 0) is 44.0 Å². The van der Waals surface area contributed by atoms with Crippen LogP contribution in [0.3, 0.4) is 0 Å². The minimum Gasteiger partial charge on any atom is -0.295 e. The summed E-state index contributed by atoms with van der Waals surface area (Å²) in [4.78, 5) is 11.7. The zero-order valence-electron chi connectivity index (χ0n) is 16.3. The monoisotopic (exact) mass is 445 g/mol. The summed E-state index contributed by atoms with van der Waals surface area (Å²) in [5.41, 5.74) is 0.755. The van der Waals surface area contributed by atoms with Crippen LogP contribution in [-0.2, 0) is 10.0 Å². The van der Waals surface area contributed by atoms with Crippen LogP contribution in [0.1, 0.15) is 41.0 Å². The second-order valence-corrected chi connectivity index (χ2v) is 10.2. The van der Waals surface area contributed by atoms with Crippen molar-refractivity contribution in [1.82, 2.24) is 14.5 Å². The van der Waals surface area contributed by atoms with Gasteiger partial charge in [0.25, 0.3) is 0 Å². The molecule has 1 aliphatic rings. The van der Waals surface area contributed by atoms with E-state index in [0.717, 1.165) is 6.42 Å². The van der Waals surface area contributed by atoms with Gasteiger partial charge in [0.2, 0.25) is 10.0 Å². The summed E-state index contributed by atoms with van der Waals surface area (Å²) >= 11 is 1.29. The average molecular weight is 446 g/mol. The Morgan fingerprint density at radius 1 is 1.17 bits per heavy atom. The standard InChI is InChI=1S/C21H20FN3O3S2/c1-14(26)15-6-4-8-17(12-15)30(27,28)25-11-5-7-16(13-25)20-23-24-21(29-20)18-9-2-3-10-19(18)22/h2-4,6,8-10,12,16H,5,7,11,13H2,1H3/t16-/m1/s1. The highest BCUT2D eigenvalue weighted by Gasteiger charge is 2.32. The Balaban J connectivity index is 1.57. The molecule has 0 saturated carbocycles. The van der Waals surface area contributed by atoms with Crippen LogP contribution in [0.15, 0.2) is 53.4 Å². The molecule has 0 spiro atoms. The van der Waals surface area contributed by atoms with Crippen molar-refractivity contribution in [1.29, 1.82) is 0 Å². The van der Waals surface area contributed by atoms with Gasteiger partial charge in [0.1, 0.15) is 10.8 Å². The Bertz CT molecular complexity index is 1190. The smallest absolute Gasteiger partial charge is 0.243 e. The number of Topliss-reactive ketones (excluding diaryl/α,β-unsaturated/α-hetero) is 1. The molecule has 4 rings (SSSR count). The molecule has 2 aromatic carbocycles. The highest BCUT2D eigenvalue weighted by atomic mass is 32.2. The van der Waals surface area contributed by atoms with Crippen molar-refractivity contribution >= 4 is 27.1 Å². The predicted octanol–water partition coefficient (Wildman–Crippen LogP) is 4.12. The number of carbonyl (C=O) groups is 1. The second-order valence-electron chi connectivity index (χ2n) is 7.21. The number of nitrogens with zero attached hydrogens (tertiary/aromatic N) is 3. The van der Waals surface area contributed by atoms with Gasteiger partial charge in [0, 0.05) is 30.1 Å². The average Bonchev–Trinajstić information content (AvgIpc) is 3.24. The van der Waals surface area contributed by atoms with Crippen molar-refractivity contribution in [3.63, 3.8) is 0 Å². The van der Waals surface area contributed by atoms with Crippen molar-refractivity contribution in [2.75, 3.05) is 13.1 Å². The van der Waals surface area contributed by atoms with Crippen LogP contribution in [0.25, 0.3) is 10.6 Å². The second kappa shape index (κ2) is 8.33. The number of hydrogen-bond donors (Lipinski definition) is 0. The molecule has 1 saturated heterocycles. The molecule has 3 aromatic rings. The van der Waals surface area contributed by atoms with Crippen molar-refractivity contribution < 1.29 is 17.6 Å². The summed E-state index contributed by atoms with van der Waals surface area (Å²) in [6.07, 6.45) is 1.47. The van der Waals surface area contributed by atoms with Crippen LogP contribution < -0.4 is 0 Å². The van der Waals surface area contributed by atoms with Gasteiger partial charge in [-0.15, -0.1) is 10.2 Å². The van der Waals surface area contributed by atoms with Gasteiger partial charge in [-0.25, -0.2) is 12.8 Å². The Labute approximate surface area is 178 Å². The third-order valence-electron chi connectivity index (χ3n) is 5.16. The molecule has 2 heterocycles. The first-order chi connectivity index (χ1) is 14.4. The molecule has 1 aliphatic heterocycles. The van der Waals surface area contributed by atoms with E-state index in [-0.39, 0.29) is 29.0 Å². The first-order valence-electron chi connectivity index (χ1n) is 9.55. The molecule has 6 nitrogen and oxygen atoms in total. The molecule has 0 aliphatic carbocycles. The van der Waals surface area contributed by atoms with Crippen LogP contribution in [0.5, 0.6) is 0 Å². The zero-order valence-corrected chi connectivity index (χ0v) is 17.9. The molecule has 0 amide bonds. The van der Waals surface area contributed by atoms with E-state index in [9.17, 15) is 17.6 Å². The van der Waals surface area contributed by atoms with Crippen molar-refractivity contribution in [2.45, 2.75) is 30.6 Å². The molecular formula is C21H20FN3O3S2. The van der Waals surface area contributed by atoms with Gasteiger partial charge in [0.05, 0.1) is 4.90 Å². The van der Waals surface area contributed by atoms with E-state index in [1.165, 1.54) is 40.8 Å². The number of aromatic nitrogens is 2. The van der Waals surface area contributed by atoms with E-state index in [4.69, 9.17) is 0 Å². The maximum absolute atomic E-state index is 14.0. The fraction of sp³-hybridized carbons (Fsp3) is 0.286. The Hall–Kier alpha value is -2.49. The molecule has 1 aromatic heterocycles. The molecule has 0 unspecified atom stereocenters. The number of carbonyl (C=O) groups excluding carboxylic acids is 1. The SMILES string of the molecule is CC(=O)c1cccc(S(=O)(=O)N2CCC[C@@H](c3nnc(-c4ccccc4F)s3)C2)c1. The summed E-state index contributed by atoms with van der Waals surface area (Å²) in [7, 11) is -3.73. The molecule has 1 atom stereocenters. The third kappa shape index (κ3) is 4.05. The molecule has 0 N–H and O–H groups in total. The number of halogens is 1. The van der Waals surface area contributed by atoms with Gasteiger partial charge in [-0.3, -0.25) is 4.79 Å². The summed E-state index contributed by atoms with van der Waals surface area (Å²) in [6.45, 7) is 2.09. The number of sulfonamides is 1. The van der Waals surface area contributed by atoms with Crippen LogP contribution in [0.4, 0.5) is 4.39 Å². The number of piperidine rings is 1. The number of rotatable bonds is 5. The maximum atomic E-state index is 14.0. The van der Waals surface area contributed by atoms with Crippen molar-refractivity contribution in [3.8, 4) is 10.6 Å². The molecule has 30 heavy (non-hydrogen) atoms. The van der Waals surface area contributed by atoms with E-state index in [2.05, 4.69) is 10.2 Å². The van der Waals surface area contributed by atoms with Crippen molar-refractivity contribution in [2.24, 2.45) is 0 Å². The largest absolute Gasteiger partial charge is 0.295 e. The molecule has 0 bridgehead atoms. The topological polar surface area (TPSA) is 80.2 Å². The Morgan fingerprint density at radius 2 is 1.97 bits per heavy atom. The van der Waals surface area contributed by atoms with E-state index in [0.29, 0.717) is 34.1 Å².